The summed E-state index contributed by atoms with van der Waals surface area (Å²) in [6.07, 6.45) is 3.46. The fourth-order valence-corrected chi connectivity index (χ4v) is 4.67. The number of amides is 1. The van der Waals surface area contributed by atoms with Crippen molar-refractivity contribution in [2.45, 2.75) is 14.9 Å². The van der Waals surface area contributed by atoms with Gasteiger partial charge in [0, 0.05) is 22.2 Å². The number of fused-ring (bicyclic) bond motifs is 3. The highest BCUT2D eigenvalue weighted by molar-refractivity contribution is 8.00. The van der Waals surface area contributed by atoms with Crippen LogP contribution in [-0.4, -0.2) is 31.2 Å². The Balaban J connectivity index is 1.44. The maximum Gasteiger partial charge on any atom is 0.253 e. The number of rotatable bonds is 3. The molecule has 0 radical (unpaired) electrons. The van der Waals surface area contributed by atoms with Crippen molar-refractivity contribution in [1.29, 1.82) is 0 Å². The van der Waals surface area contributed by atoms with Gasteiger partial charge in [-0.2, -0.15) is 4.98 Å². The normalized spacial score (nSPS) is 12.7. The molecule has 0 aliphatic carbocycles. The van der Waals surface area contributed by atoms with Crippen molar-refractivity contribution >= 4 is 46.6 Å². The van der Waals surface area contributed by atoms with Crippen LogP contribution in [-0.2, 0) is 4.79 Å². The molecule has 0 bridgehead atoms. The van der Waals surface area contributed by atoms with Crippen LogP contribution in [0.4, 0.5) is 11.4 Å². The molecule has 1 aliphatic rings. The molecule has 0 N–H and O–H groups in total. The van der Waals surface area contributed by atoms with Crippen LogP contribution < -0.4 is 4.90 Å². The third kappa shape index (κ3) is 2.96. The van der Waals surface area contributed by atoms with Crippen molar-refractivity contribution in [3.05, 3.63) is 67.0 Å². The Bertz CT molecular complexity index is 1080. The van der Waals surface area contributed by atoms with Crippen LogP contribution in [0.5, 0.6) is 0 Å². The van der Waals surface area contributed by atoms with E-state index in [9.17, 15) is 4.79 Å². The molecule has 2 aromatic heterocycles. The Morgan fingerprint density at radius 3 is 2.41 bits per heavy atom. The van der Waals surface area contributed by atoms with Crippen molar-refractivity contribution < 1.29 is 4.79 Å². The third-order valence-corrected chi connectivity index (χ3v) is 6.06. The van der Waals surface area contributed by atoms with E-state index in [1.54, 1.807) is 39.6 Å². The third-order valence-electron chi connectivity index (χ3n) is 4.10. The van der Waals surface area contributed by atoms with Gasteiger partial charge in [0.1, 0.15) is 0 Å². The molecule has 4 aromatic rings. The lowest BCUT2D eigenvalue weighted by Gasteiger charge is -2.30. The Labute approximate surface area is 163 Å². The lowest BCUT2D eigenvalue weighted by molar-refractivity contribution is -0.115. The minimum atomic E-state index is -0.00739. The van der Waals surface area contributed by atoms with Crippen molar-refractivity contribution in [1.82, 2.24) is 19.6 Å². The van der Waals surface area contributed by atoms with E-state index in [0.29, 0.717) is 10.9 Å². The molecular formula is C19H13N5OS2. The quantitative estimate of drug-likeness (QED) is 0.491. The summed E-state index contributed by atoms with van der Waals surface area (Å²) in [7, 11) is 0. The van der Waals surface area contributed by atoms with Gasteiger partial charge in [0.25, 0.3) is 5.78 Å². The van der Waals surface area contributed by atoms with Gasteiger partial charge >= 0.3 is 0 Å². The van der Waals surface area contributed by atoms with Crippen LogP contribution in [0.2, 0.25) is 0 Å². The van der Waals surface area contributed by atoms with Gasteiger partial charge in [0.15, 0.2) is 0 Å². The number of hydrogen-bond acceptors (Lipinski definition) is 6. The average molecular weight is 391 g/mol. The van der Waals surface area contributed by atoms with Crippen LogP contribution in [0.15, 0.2) is 81.9 Å². The summed E-state index contributed by atoms with van der Waals surface area (Å²) in [5, 5.41) is 4.89. The maximum absolute atomic E-state index is 13.1. The van der Waals surface area contributed by atoms with Gasteiger partial charge in [-0.05, 0) is 30.3 Å². The molecule has 0 spiro atoms. The molecule has 2 aromatic carbocycles. The van der Waals surface area contributed by atoms with E-state index in [4.69, 9.17) is 0 Å². The van der Waals surface area contributed by atoms with Crippen molar-refractivity contribution in [3.8, 4) is 0 Å². The summed E-state index contributed by atoms with van der Waals surface area (Å²) < 4.78 is 1.61. The first-order valence-corrected chi connectivity index (χ1v) is 10.1. The number of nitrogens with zero attached hydrogens (tertiary/aromatic N) is 5. The highest BCUT2D eigenvalue weighted by Crippen LogP contribution is 2.48. The smallest absolute Gasteiger partial charge is 0.253 e. The van der Waals surface area contributed by atoms with Gasteiger partial charge in [0.2, 0.25) is 11.1 Å². The lowest BCUT2D eigenvalue weighted by Crippen LogP contribution is -2.30. The van der Waals surface area contributed by atoms with Crippen LogP contribution in [0, 0.1) is 0 Å². The topological polar surface area (TPSA) is 63.4 Å². The van der Waals surface area contributed by atoms with Crippen LogP contribution in [0.1, 0.15) is 0 Å². The van der Waals surface area contributed by atoms with E-state index in [-0.39, 0.29) is 11.7 Å². The summed E-state index contributed by atoms with van der Waals surface area (Å²) in [6.45, 7) is 0. The number of aromatic nitrogens is 4. The summed E-state index contributed by atoms with van der Waals surface area (Å²) >= 11 is 3.00. The first kappa shape index (κ1) is 16.3. The first-order valence-electron chi connectivity index (χ1n) is 8.29. The fraction of sp³-hybridized carbons (Fsp3) is 0.0526. The molecule has 0 unspecified atom stereocenters. The van der Waals surface area contributed by atoms with E-state index in [1.807, 2.05) is 48.5 Å². The first-order chi connectivity index (χ1) is 13.3. The predicted octanol–water partition coefficient (Wildman–Crippen LogP) is 4.05. The largest absolute Gasteiger partial charge is 0.278 e. The van der Waals surface area contributed by atoms with Crippen LogP contribution >= 0.6 is 23.5 Å². The number of thioether (sulfide) groups is 1. The molecule has 5 rings (SSSR count). The molecule has 27 heavy (non-hydrogen) atoms. The molecule has 1 aliphatic heterocycles. The van der Waals surface area contributed by atoms with Gasteiger partial charge in [-0.25, -0.2) is 9.50 Å². The second-order valence-corrected chi connectivity index (χ2v) is 7.84. The highest BCUT2D eigenvalue weighted by atomic mass is 32.2. The van der Waals surface area contributed by atoms with Gasteiger partial charge in [0.05, 0.1) is 17.1 Å². The maximum atomic E-state index is 13.1. The molecule has 0 saturated heterocycles. The van der Waals surface area contributed by atoms with Crippen molar-refractivity contribution in [2.75, 3.05) is 10.7 Å². The number of para-hydroxylation sites is 2. The second kappa shape index (κ2) is 6.71. The summed E-state index contributed by atoms with van der Waals surface area (Å²) in [6, 6.07) is 17.7. The Kier molecular flexibility index (Phi) is 4.06. The standard InChI is InChI=1S/C19H13N5OS2/c25-17(12-26-19-21-18-20-10-5-11-23(18)22-19)24-13-6-1-3-8-15(13)27-16-9-4-2-7-14(16)24/h1-11H,12H2. The van der Waals surface area contributed by atoms with Gasteiger partial charge in [-0.1, -0.05) is 47.8 Å². The van der Waals surface area contributed by atoms with Crippen molar-refractivity contribution in [2.24, 2.45) is 0 Å². The summed E-state index contributed by atoms with van der Waals surface area (Å²) in [5.41, 5.74) is 1.83. The minimum Gasteiger partial charge on any atom is -0.278 e. The van der Waals surface area contributed by atoms with E-state index in [2.05, 4.69) is 15.1 Å². The molecule has 0 fully saturated rings. The zero-order chi connectivity index (χ0) is 18.2. The minimum absolute atomic E-state index is 0.00739. The summed E-state index contributed by atoms with van der Waals surface area (Å²) in [4.78, 5) is 25.6. The number of hydrogen-bond donors (Lipinski definition) is 0. The molecule has 3 heterocycles. The predicted molar refractivity (Wildman–Crippen MR) is 106 cm³/mol. The lowest BCUT2D eigenvalue weighted by atomic mass is 10.2. The molecular weight excluding hydrogens is 378 g/mol. The number of anilines is 2. The van der Waals surface area contributed by atoms with Gasteiger partial charge < -0.3 is 0 Å². The molecule has 6 nitrogen and oxygen atoms in total. The van der Waals surface area contributed by atoms with E-state index in [0.717, 1.165) is 21.2 Å². The SMILES string of the molecule is O=C(CSc1nc2ncccn2n1)N1c2ccccc2Sc2ccccc21. The number of carbonyl (C=O) groups is 1. The Morgan fingerprint density at radius 2 is 1.70 bits per heavy atom. The Morgan fingerprint density at radius 1 is 1.00 bits per heavy atom. The van der Waals surface area contributed by atoms with Crippen LogP contribution in [0.25, 0.3) is 5.78 Å². The van der Waals surface area contributed by atoms with E-state index >= 15 is 0 Å². The molecule has 0 saturated carbocycles. The molecule has 132 valence electrons. The summed E-state index contributed by atoms with van der Waals surface area (Å²) in [5.74, 6) is 0.758. The average Bonchev–Trinajstić information content (AvgIpc) is 3.13. The fourth-order valence-electron chi connectivity index (χ4n) is 2.94. The van der Waals surface area contributed by atoms with Crippen LogP contribution in [0.3, 0.4) is 0 Å². The Hall–Kier alpha value is -2.84. The monoisotopic (exact) mass is 391 g/mol. The highest BCUT2D eigenvalue weighted by Gasteiger charge is 2.27. The molecule has 0 atom stereocenters. The van der Waals surface area contributed by atoms with E-state index in [1.165, 1.54) is 11.8 Å². The molecule has 8 heteroatoms. The number of carbonyl (C=O) groups excluding carboxylic acids is 1. The zero-order valence-electron chi connectivity index (χ0n) is 14.0. The van der Waals surface area contributed by atoms with Crippen molar-refractivity contribution in [3.63, 3.8) is 0 Å². The van der Waals surface area contributed by atoms with Gasteiger partial charge in [-0.3, -0.25) is 9.69 Å². The number of benzene rings is 2. The van der Waals surface area contributed by atoms with E-state index < -0.39 is 0 Å². The zero-order valence-corrected chi connectivity index (χ0v) is 15.7. The molecule has 1 amide bonds. The second-order valence-electron chi connectivity index (χ2n) is 5.81. The van der Waals surface area contributed by atoms with Gasteiger partial charge in [-0.15, -0.1) is 5.10 Å².